The van der Waals surface area contributed by atoms with Gasteiger partial charge in [0.1, 0.15) is 5.75 Å². The summed E-state index contributed by atoms with van der Waals surface area (Å²) in [5, 5.41) is 3.61. The molecule has 112 valence electrons. The van der Waals surface area contributed by atoms with Gasteiger partial charge in [0.2, 0.25) is 0 Å². The highest BCUT2D eigenvalue weighted by Gasteiger charge is 2.07. The molecule has 0 spiro atoms. The highest BCUT2D eigenvalue weighted by Crippen LogP contribution is 2.17. The smallest absolute Gasteiger partial charge is 0.119 e. The summed E-state index contributed by atoms with van der Waals surface area (Å²) < 4.78 is 5.70. The van der Waals surface area contributed by atoms with E-state index in [9.17, 15) is 0 Å². The van der Waals surface area contributed by atoms with E-state index in [-0.39, 0.29) is 0 Å². The first-order chi connectivity index (χ1) is 10.3. The van der Waals surface area contributed by atoms with E-state index in [4.69, 9.17) is 4.74 Å². The zero-order chi connectivity index (χ0) is 14.9. The highest BCUT2D eigenvalue weighted by atomic mass is 16.5. The highest BCUT2D eigenvalue weighted by molar-refractivity contribution is 5.24. The molecule has 2 aromatic rings. The van der Waals surface area contributed by atoms with E-state index in [0.717, 1.165) is 31.7 Å². The molecule has 2 nitrogen and oxygen atoms in total. The molecule has 2 heteroatoms. The maximum absolute atomic E-state index is 5.70. The standard InChI is InChI=1S/C19H25NO/c1-3-19(17-12-10-16(2)11-13-17)20-14-7-15-21-18-8-5-4-6-9-18/h4-6,8-13,19-20H,3,7,14-15H2,1-2H3. The summed E-state index contributed by atoms with van der Waals surface area (Å²) in [5.74, 6) is 0.947. The molecule has 0 saturated heterocycles. The minimum Gasteiger partial charge on any atom is -0.494 e. The maximum Gasteiger partial charge on any atom is 0.119 e. The van der Waals surface area contributed by atoms with Crippen LogP contribution in [0.3, 0.4) is 0 Å². The van der Waals surface area contributed by atoms with Gasteiger partial charge in [0.25, 0.3) is 0 Å². The first kappa shape index (κ1) is 15.6. The molecule has 2 aromatic carbocycles. The van der Waals surface area contributed by atoms with Gasteiger partial charge in [-0.25, -0.2) is 0 Å². The minimum absolute atomic E-state index is 0.433. The van der Waals surface area contributed by atoms with Crippen LogP contribution in [0.4, 0.5) is 0 Å². The van der Waals surface area contributed by atoms with Crippen molar-refractivity contribution in [1.82, 2.24) is 5.32 Å². The molecule has 0 bridgehead atoms. The van der Waals surface area contributed by atoms with Crippen LogP contribution in [-0.4, -0.2) is 13.2 Å². The Hall–Kier alpha value is -1.80. The van der Waals surface area contributed by atoms with Crippen LogP contribution < -0.4 is 10.1 Å². The molecule has 1 N–H and O–H groups in total. The van der Waals surface area contributed by atoms with Crippen molar-refractivity contribution in [3.05, 3.63) is 65.7 Å². The van der Waals surface area contributed by atoms with Crippen LogP contribution in [0.2, 0.25) is 0 Å². The largest absolute Gasteiger partial charge is 0.494 e. The number of aryl methyl sites for hydroxylation is 1. The molecule has 0 aliphatic heterocycles. The van der Waals surface area contributed by atoms with Crippen LogP contribution in [0, 0.1) is 6.92 Å². The Kier molecular flexibility index (Phi) is 6.29. The first-order valence-electron chi connectivity index (χ1n) is 7.77. The average molecular weight is 283 g/mol. The molecule has 1 unspecified atom stereocenters. The lowest BCUT2D eigenvalue weighted by Gasteiger charge is -2.17. The fourth-order valence-corrected chi connectivity index (χ4v) is 2.35. The number of hydrogen-bond donors (Lipinski definition) is 1. The third-order valence-electron chi connectivity index (χ3n) is 3.61. The van der Waals surface area contributed by atoms with Crippen molar-refractivity contribution in [3.8, 4) is 5.75 Å². The molecule has 1 atom stereocenters. The van der Waals surface area contributed by atoms with Crippen molar-refractivity contribution >= 4 is 0 Å². The summed E-state index contributed by atoms with van der Waals surface area (Å²) in [6, 6.07) is 19.2. The predicted molar refractivity (Wildman–Crippen MR) is 88.8 cm³/mol. The van der Waals surface area contributed by atoms with Crippen LogP contribution in [0.1, 0.15) is 36.9 Å². The molecule has 0 fully saturated rings. The van der Waals surface area contributed by atoms with Gasteiger partial charge in [-0.3, -0.25) is 0 Å². The van der Waals surface area contributed by atoms with E-state index in [1.165, 1.54) is 11.1 Å². The van der Waals surface area contributed by atoms with E-state index in [2.05, 4.69) is 43.4 Å². The topological polar surface area (TPSA) is 21.3 Å². The number of nitrogens with one attached hydrogen (secondary N) is 1. The van der Waals surface area contributed by atoms with Gasteiger partial charge in [-0.2, -0.15) is 0 Å². The van der Waals surface area contributed by atoms with Gasteiger partial charge in [0.05, 0.1) is 6.61 Å². The van der Waals surface area contributed by atoms with E-state index in [1.54, 1.807) is 0 Å². The molecule has 21 heavy (non-hydrogen) atoms. The van der Waals surface area contributed by atoms with Crippen molar-refractivity contribution in [2.24, 2.45) is 0 Å². The second kappa shape index (κ2) is 8.48. The first-order valence-corrected chi connectivity index (χ1v) is 7.77. The summed E-state index contributed by atoms with van der Waals surface area (Å²) in [6.07, 6.45) is 2.11. The van der Waals surface area contributed by atoms with Gasteiger partial charge in [0.15, 0.2) is 0 Å². The summed E-state index contributed by atoms with van der Waals surface area (Å²) in [6.45, 7) is 6.07. The molecule has 0 aromatic heterocycles. The number of rotatable bonds is 8. The van der Waals surface area contributed by atoms with Crippen molar-refractivity contribution in [2.75, 3.05) is 13.2 Å². The Morgan fingerprint density at radius 2 is 1.71 bits per heavy atom. The molecule has 0 amide bonds. The number of hydrogen-bond acceptors (Lipinski definition) is 2. The van der Waals surface area contributed by atoms with E-state index >= 15 is 0 Å². The Labute approximate surface area is 128 Å². The summed E-state index contributed by atoms with van der Waals surface area (Å²) in [4.78, 5) is 0. The quantitative estimate of drug-likeness (QED) is 0.720. The van der Waals surface area contributed by atoms with Gasteiger partial charge in [-0.05, 0) is 44.0 Å². The van der Waals surface area contributed by atoms with Gasteiger partial charge in [-0.15, -0.1) is 0 Å². The second-order valence-electron chi connectivity index (χ2n) is 5.34. The lowest BCUT2D eigenvalue weighted by atomic mass is 10.0. The Bertz CT molecular complexity index is 507. The van der Waals surface area contributed by atoms with E-state index < -0.39 is 0 Å². The predicted octanol–water partition coefficient (Wildman–Crippen LogP) is 4.50. The molecule has 0 radical (unpaired) electrons. The zero-order valence-corrected chi connectivity index (χ0v) is 13.0. The van der Waals surface area contributed by atoms with Crippen LogP contribution in [0.5, 0.6) is 5.75 Å². The maximum atomic E-state index is 5.70. The Morgan fingerprint density at radius 3 is 2.38 bits per heavy atom. The number of benzene rings is 2. The van der Waals surface area contributed by atoms with Crippen LogP contribution in [-0.2, 0) is 0 Å². The fourth-order valence-electron chi connectivity index (χ4n) is 2.35. The summed E-state index contributed by atoms with van der Waals surface area (Å²) in [7, 11) is 0. The van der Waals surface area contributed by atoms with Crippen molar-refractivity contribution < 1.29 is 4.74 Å². The Balaban J connectivity index is 1.70. The molecular formula is C19H25NO. The number of para-hydroxylation sites is 1. The SMILES string of the molecule is CCC(NCCCOc1ccccc1)c1ccc(C)cc1. The average Bonchev–Trinajstić information content (AvgIpc) is 2.53. The third-order valence-corrected chi connectivity index (χ3v) is 3.61. The summed E-state index contributed by atoms with van der Waals surface area (Å²) in [5.41, 5.74) is 2.68. The lowest BCUT2D eigenvalue weighted by molar-refractivity contribution is 0.304. The second-order valence-corrected chi connectivity index (χ2v) is 5.34. The fraction of sp³-hybridized carbons (Fsp3) is 0.368. The van der Waals surface area contributed by atoms with Gasteiger partial charge in [-0.1, -0.05) is 55.0 Å². The van der Waals surface area contributed by atoms with Crippen molar-refractivity contribution in [2.45, 2.75) is 32.7 Å². The molecule has 2 rings (SSSR count). The zero-order valence-electron chi connectivity index (χ0n) is 13.0. The monoisotopic (exact) mass is 283 g/mol. The number of ether oxygens (including phenoxy) is 1. The van der Waals surface area contributed by atoms with Crippen molar-refractivity contribution in [3.63, 3.8) is 0 Å². The molecular weight excluding hydrogens is 258 g/mol. The van der Waals surface area contributed by atoms with Crippen LogP contribution >= 0.6 is 0 Å². The minimum atomic E-state index is 0.433. The molecule has 0 aliphatic rings. The summed E-state index contributed by atoms with van der Waals surface area (Å²) >= 11 is 0. The van der Waals surface area contributed by atoms with Crippen molar-refractivity contribution in [1.29, 1.82) is 0 Å². The van der Waals surface area contributed by atoms with Gasteiger partial charge >= 0.3 is 0 Å². The molecule has 0 heterocycles. The molecule has 0 aliphatic carbocycles. The van der Waals surface area contributed by atoms with E-state index in [0.29, 0.717) is 6.04 Å². The van der Waals surface area contributed by atoms with Crippen LogP contribution in [0.25, 0.3) is 0 Å². The van der Waals surface area contributed by atoms with Gasteiger partial charge < -0.3 is 10.1 Å². The van der Waals surface area contributed by atoms with Gasteiger partial charge in [0, 0.05) is 6.04 Å². The normalized spacial score (nSPS) is 12.1. The van der Waals surface area contributed by atoms with Crippen LogP contribution in [0.15, 0.2) is 54.6 Å². The third kappa shape index (κ3) is 5.24. The van der Waals surface area contributed by atoms with E-state index in [1.807, 2.05) is 30.3 Å². The Morgan fingerprint density at radius 1 is 1.00 bits per heavy atom. The lowest BCUT2D eigenvalue weighted by Crippen LogP contribution is -2.23. The molecule has 0 saturated carbocycles.